The zero-order valence-electron chi connectivity index (χ0n) is 11.8. The number of anilines is 2. The molecule has 20 heavy (non-hydrogen) atoms. The molecule has 2 aromatic rings. The summed E-state index contributed by atoms with van der Waals surface area (Å²) in [5, 5.41) is 14.8. The van der Waals surface area contributed by atoms with Crippen LogP contribution >= 0.6 is 22.7 Å². The maximum Gasteiger partial charge on any atom is 0.206 e. The van der Waals surface area contributed by atoms with Crippen molar-refractivity contribution in [2.24, 2.45) is 0 Å². The first kappa shape index (κ1) is 13.8. The van der Waals surface area contributed by atoms with E-state index in [9.17, 15) is 0 Å². The second-order valence-corrected chi connectivity index (χ2v) is 6.90. The van der Waals surface area contributed by atoms with E-state index in [4.69, 9.17) is 4.98 Å². The Morgan fingerprint density at radius 2 is 2.00 bits per heavy atom. The Morgan fingerprint density at radius 1 is 1.20 bits per heavy atom. The van der Waals surface area contributed by atoms with Crippen molar-refractivity contribution in [3.8, 4) is 9.88 Å². The number of aromatic nitrogens is 3. The van der Waals surface area contributed by atoms with E-state index in [0.717, 1.165) is 51.9 Å². The van der Waals surface area contributed by atoms with Crippen LogP contribution in [0.5, 0.6) is 0 Å². The van der Waals surface area contributed by atoms with Crippen molar-refractivity contribution in [1.29, 1.82) is 0 Å². The molecule has 108 valence electrons. The second-order valence-electron chi connectivity index (χ2n) is 4.94. The molecule has 1 saturated heterocycles. The fourth-order valence-corrected chi connectivity index (χ4v) is 4.25. The molecule has 0 bridgehead atoms. The van der Waals surface area contributed by atoms with Gasteiger partial charge >= 0.3 is 0 Å². The van der Waals surface area contributed by atoms with Gasteiger partial charge in [-0.05, 0) is 26.2 Å². The zero-order valence-corrected chi connectivity index (χ0v) is 13.5. The van der Waals surface area contributed by atoms with E-state index < -0.39 is 0 Å². The van der Waals surface area contributed by atoms with Crippen LogP contribution in [0.3, 0.4) is 0 Å². The van der Waals surface area contributed by atoms with Crippen LogP contribution in [0.1, 0.15) is 31.9 Å². The third-order valence-electron chi connectivity index (χ3n) is 3.31. The van der Waals surface area contributed by atoms with Gasteiger partial charge in [0.25, 0.3) is 0 Å². The van der Waals surface area contributed by atoms with Gasteiger partial charge in [0.05, 0.1) is 10.6 Å². The molecule has 0 radical (unpaired) electrons. The van der Waals surface area contributed by atoms with E-state index in [2.05, 4.69) is 34.3 Å². The summed E-state index contributed by atoms with van der Waals surface area (Å²) in [4.78, 5) is 8.24. The standard InChI is InChI=1S/C13H19N5S2/c1-3-6-14-12-17-16-11(20-12)10-9(2)15-13(19-10)18-7-4-5-8-18/h3-8H2,1-2H3,(H,14,17). The highest BCUT2D eigenvalue weighted by molar-refractivity contribution is 7.25. The predicted molar refractivity (Wildman–Crippen MR) is 86.0 cm³/mol. The summed E-state index contributed by atoms with van der Waals surface area (Å²) in [7, 11) is 0. The van der Waals surface area contributed by atoms with Crippen molar-refractivity contribution in [1.82, 2.24) is 15.2 Å². The van der Waals surface area contributed by atoms with Gasteiger partial charge in [-0.15, -0.1) is 10.2 Å². The topological polar surface area (TPSA) is 53.9 Å². The molecular formula is C13H19N5S2. The van der Waals surface area contributed by atoms with E-state index in [1.807, 2.05) is 0 Å². The summed E-state index contributed by atoms with van der Waals surface area (Å²) in [6.45, 7) is 7.41. The third kappa shape index (κ3) is 2.78. The Labute approximate surface area is 127 Å². The predicted octanol–water partition coefficient (Wildman–Crippen LogP) is 3.39. The van der Waals surface area contributed by atoms with E-state index >= 15 is 0 Å². The molecular weight excluding hydrogens is 290 g/mol. The lowest BCUT2D eigenvalue weighted by Crippen LogP contribution is -2.17. The summed E-state index contributed by atoms with van der Waals surface area (Å²) in [5.41, 5.74) is 1.06. The molecule has 0 aliphatic carbocycles. The molecule has 3 heterocycles. The van der Waals surface area contributed by atoms with E-state index in [0.29, 0.717) is 0 Å². The van der Waals surface area contributed by atoms with Crippen LogP contribution in [-0.4, -0.2) is 34.8 Å². The summed E-state index contributed by atoms with van der Waals surface area (Å²) in [5.74, 6) is 0. The highest BCUT2D eigenvalue weighted by atomic mass is 32.1. The largest absolute Gasteiger partial charge is 0.360 e. The van der Waals surface area contributed by atoms with Gasteiger partial charge in [0, 0.05) is 19.6 Å². The van der Waals surface area contributed by atoms with Gasteiger partial charge in [0.15, 0.2) is 10.1 Å². The highest BCUT2D eigenvalue weighted by Crippen LogP contribution is 2.37. The molecule has 0 aromatic carbocycles. The fraction of sp³-hybridized carbons (Fsp3) is 0.615. The molecule has 1 aliphatic rings. The van der Waals surface area contributed by atoms with Gasteiger partial charge < -0.3 is 10.2 Å². The van der Waals surface area contributed by atoms with Crippen LogP contribution in [0.2, 0.25) is 0 Å². The van der Waals surface area contributed by atoms with Gasteiger partial charge in [0.2, 0.25) is 5.13 Å². The summed E-state index contributed by atoms with van der Waals surface area (Å²) in [6.07, 6.45) is 3.64. The SMILES string of the molecule is CCCNc1nnc(-c2sc(N3CCCC3)nc2C)s1. The maximum atomic E-state index is 4.70. The van der Waals surface area contributed by atoms with Crippen LogP contribution in [0, 0.1) is 6.92 Å². The Balaban J connectivity index is 1.80. The van der Waals surface area contributed by atoms with Gasteiger partial charge in [0.1, 0.15) is 0 Å². The number of nitrogens with zero attached hydrogens (tertiary/aromatic N) is 4. The van der Waals surface area contributed by atoms with Crippen LogP contribution < -0.4 is 10.2 Å². The van der Waals surface area contributed by atoms with Gasteiger partial charge in [-0.2, -0.15) is 0 Å². The van der Waals surface area contributed by atoms with E-state index in [-0.39, 0.29) is 0 Å². The normalized spacial score (nSPS) is 15.0. The molecule has 7 heteroatoms. The second kappa shape index (κ2) is 6.05. The zero-order chi connectivity index (χ0) is 13.9. The Morgan fingerprint density at radius 3 is 2.75 bits per heavy atom. The molecule has 1 N–H and O–H groups in total. The fourth-order valence-electron chi connectivity index (χ4n) is 2.24. The number of rotatable bonds is 5. The third-order valence-corrected chi connectivity index (χ3v) is 5.56. The first-order valence-electron chi connectivity index (χ1n) is 7.08. The lowest BCUT2D eigenvalue weighted by atomic mass is 10.4. The van der Waals surface area contributed by atoms with Crippen LogP contribution in [0.25, 0.3) is 9.88 Å². The number of thiazole rings is 1. The molecule has 1 fully saturated rings. The molecule has 1 aliphatic heterocycles. The number of hydrogen-bond acceptors (Lipinski definition) is 7. The van der Waals surface area contributed by atoms with Crippen molar-refractivity contribution in [2.45, 2.75) is 33.1 Å². The van der Waals surface area contributed by atoms with Crippen LogP contribution in [0.15, 0.2) is 0 Å². The first-order chi connectivity index (χ1) is 9.78. The summed E-state index contributed by atoms with van der Waals surface area (Å²) < 4.78 is 0. The van der Waals surface area contributed by atoms with Gasteiger partial charge in [-0.1, -0.05) is 29.6 Å². The van der Waals surface area contributed by atoms with Gasteiger partial charge in [-0.3, -0.25) is 0 Å². The van der Waals surface area contributed by atoms with Crippen molar-refractivity contribution in [2.75, 3.05) is 29.9 Å². The summed E-state index contributed by atoms with van der Waals surface area (Å²) >= 11 is 3.36. The molecule has 0 unspecified atom stereocenters. The van der Waals surface area contributed by atoms with Crippen molar-refractivity contribution in [3.05, 3.63) is 5.69 Å². The molecule has 0 amide bonds. The Bertz CT molecular complexity index is 571. The lowest BCUT2D eigenvalue weighted by Gasteiger charge is -2.11. The first-order valence-corrected chi connectivity index (χ1v) is 8.71. The molecule has 0 saturated carbocycles. The van der Waals surface area contributed by atoms with E-state index in [1.54, 1.807) is 22.7 Å². The minimum Gasteiger partial charge on any atom is -0.360 e. The molecule has 3 rings (SSSR count). The maximum absolute atomic E-state index is 4.70. The average molecular weight is 309 g/mol. The molecule has 5 nitrogen and oxygen atoms in total. The number of aryl methyl sites for hydroxylation is 1. The van der Waals surface area contributed by atoms with Crippen LogP contribution in [-0.2, 0) is 0 Å². The monoisotopic (exact) mass is 309 g/mol. The van der Waals surface area contributed by atoms with Crippen LogP contribution in [0.4, 0.5) is 10.3 Å². The van der Waals surface area contributed by atoms with Gasteiger partial charge in [-0.25, -0.2) is 4.98 Å². The molecule has 0 atom stereocenters. The number of hydrogen-bond donors (Lipinski definition) is 1. The lowest BCUT2D eigenvalue weighted by molar-refractivity contribution is 0.949. The Hall–Kier alpha value is -1.21. The van der Waals surface area contributed by atoms with E-state index in [1.165, 1.54) is 12.8 Å². The molecule has 2 aromatic heterocycles. The Kier molecular flexibility index (Phi) is 4.16. The minimum absolute atomic E-state index is 0.900. The number of nitrogens with one attached hydrogen (secondary N) is 1. The van der Waals surface area contributed by atoms with Crippen molar-refractivity contribution >= 4 is 32.9 Å². The summed E-state index contributed by atoms with van der Waals surface area (Å²) in [6, 6.07) is 0. The quantitative estimate of drug-likeness (QED) is 0.917. The minimum atomic E-state index is 0.900. The highest BCUT2D eigenvalue weighted by Gasteiger charge is 2.20. The van der Waals surface area contributed by atoms with Crippen molar-refractivity contribution < 1.29 is 0 Å². The smallest absolute Gasteiger partial charge is 0.206 e. The molecule has 0 spiro atoms. The average Bonchev–Trinajstić information content (AvgIpc) is 3.16. The van der Waals surface area contributed by atoms with Crippen molar-refractivity contribution in [3.63, 3.8) is 0 Å².